The van der Waals surface area contributed by atoms with E-state index in [9.17, 15) is 0 Å². The Morgan fingerprint density at radius 2 is 1.16 bits per heavy atom. The largest absolute Gasteiger partial charge is 0.452 e. The summed E-state index contributed by atoms with van der Waals surface area (Å²) < 4.78 is 8.78. The van der Waals surface area contributed by atoms with Crippen LogP contribution in [0.5, 0.6) is 0 Å². The number of furan rings is 1. The van der Waals surface area contributed by atoms with Crippen molar-refractivity contribution in [2.75, 3.05) is 0 Å². The highest BCUT2D eigenvalue weighted by atomic mass is 16.3. The molecule has 9 rings (SSSR count). The highest BCUT2D eigenvalue weighted by molar-refractivity contribution is 6.16. The van der Waals surface area contributed by atoms with Gasteiger partial charge in [-0.05, 0) is 53.6 Å². The Labute approximate surface area is 253 Å². The first kappa shape index (κ1) is 24.6. The average Bonchev–Trinajstić information content (AvgIpc) is 3.65. The van der Waals surface area contributed by atoms with E-state index in [2.05, 4.69) is 108 Å². The minimum absolute atomic E-state index is 0.679. The van der Waals surface area contributed by atoms with Gasteiger partial charge in [-0.15, -0.1) is 0 Å². The molecule has 0 unspecified atom stereocenters. The zero-order valence-electron chi connectivity index (χ0n) is 23.7. The molecule has 4 nitrogen and oxygen atoms in total. The SMILES string of the molecule is c1ccc(-c2nc(-c3cccc(-c4cccc5c4c4ccccc4n5-c4ccccc4)c3)c3oc4ccccc4c3n2)cc1. The molecule has 3 heterocycles. The van der Waals surface area contributed by atoms with Crippen LogP contribution in [0.15, 0.2) is 156 Å². The van der Waals surface area contributed by atoms with Crippen molar-refractivity contribution in [2.45, 2.75) is 0 Å². The summed E-state index contributed by atoms with van der Waals surface area (Å²) >= 11 is 0. The van der Waals surface area contributed by atoms with Crippen molar-refractivity contribution in [2.24, 2.45) is 0 Å². The van der Waals surface area contributed by atoms with Gasteiger partial charge in [0.25, 0.3) is 0 Å². The van der Waals surface area contributed by atoms with E-state index in [-0.39, 0.29) is 0 Å². The summed E-state index contributed by atoms with van der Waals surface area (Å²) in [7, 11) is 0. The molecule has 44 heavy (non-hydrogen) atoms. The van der Waals surface area contributed by atoms with E-state index < -0.39 is 0 Å². The third-order valence-electron chi connectivity index (χ3n) is 8.41. The van der Waals surface area contributed by atoms with Crippen molar-refractivity contribution >= 4 is 43.9 Å². The number of rotatable bonds is 4. The first-order valence-corrected chi connectivity index (χ1v) is 14.8. The van der Waals surface area contributed by atoms with Crippen LogP contribution in [0, 0.1) is 0 Å². The number of nitrogens with zero attached hydrogens (tertiary/aromatic N) is 3. The van der Waals surface area contributed by atoms with E-state index in [1.165, 1.54) is 27.4 Å². The summed E-state index contributed by atoms with van der Waals surface area (Å²) in [4.78, 5) is 10.1. The monoisotopic (exact) mass is 563 g/mol. The second-order valence-electron chi connectivity index (χ2n) is 11.0. The van der Waals surface area contributed by atoms with Gasteiger partial charge in [0.2, 0.25) is 0 Å². The molecule has 0 atom stereocenters. The molecular formula is C40H25N3O. The van der Waals surface area contributed by atoms with E-state index in [0.29, 0.717) is 11.4 Å². The number of fused-ring (bicyclic) bond motifs is 6. The molecule has 0 N–H and O–H groups in total. The summed E-state index contributed by atoms with van der Waals surface area (Å²) in [6.07, 6.45) is 0. The maximum Gasteiger partial charge on any atom is 0.180 e. The summed E-state index contributed by atoms with van der Waals surface area (Å²) in [6.45, 7) is 0. The molecule has 4 heteroatoms. The second kappa shape index (κ2) is 9.79. The number of para-hydroxylation sites is 3. The van der Waals surface area contributed by atoms with Crippen molar-refractivity contribution in [3.8, 4) is 39.5 Å². The second-order valence-corrected chi connectivity index (χ2v) is 11.0. The molecule has 3 aromatic heterocycles. The predicted octanol–water partition coefficient (Wildman–Crippen LogP) is 10.5. The normalized spacial score (nSPS) is 11.6. The van der Waals surface area contributed by atoms with Gasteiger partial charge < -0.3 is 8.98 Å². The van der Waals surface area contributed by atoms with Crippen LogP contribution in [0.4, 0.5) is 0 Å². The molecule has 9 aromatic rings. The fourth-order valence-corrected chi connectivity index (χ4v) is 6.45. The van der Waals surface area contributed by atoms with Crippen molar-refractivity contribution < 1.29 is 4.42 Å². The Morgan fingerprint density at radius 3 is 2.02 bits per heavy atom. The van der Waals surface area contributed by atoms with Crippen LogP contribution in [0.1, 0.15) is 0 Å². The lowest BCUT2D eigenvalue weighted by atomic mass is 9.97. The number of aromatic nitrogens is 3. The van der Waals surface area contributed by atoms with Gasteiger partial charge >= 0.3 is 0 Å². The summed E-state index contributed by atoms with van der Waals surface area (Å²) in [5.41, 5.74) is 10.9. The van der Waals surface area contributed by atoms with Crippen LogP contribution >= 0.6 is 0 Å². The molecule has 0 aliphatic rings. The van der Waals surface area contributed by atoms with E-state index in [1.807, 2.05) is 48.5 Å². The molecule has 6 aromatic carbocycles. The molecule has 0 bridgehead atoms. The molecule has 0 aliphatic heterocycles. The predicted molar refractivity (Wildman–Crippen MR) is 180 cm³/mol. The van der Waals surface area contributed by atoms with Crippen molar-refractivity contribution in [3.63, 3.8) is 0 Å². The van der Waals surface area contributed by atoms with Crippen molar-refractivity contribution in [3.05, 3.63) is 152 Å². The summed E-state index contributed by atoms with van der Waals surface area (Å²) in [5.74, 6) is 0.679. The molecule has 0 fully saturated rings. The van der Waals surface area contributed by atoms with Crippen LogP contribution in [-0.2, 0) is 0 Å². The minimum Gasteiger partial charge on any atom is -0.452 e. The number of hydrogen-bond acceptors (Lipinski definition) is 3. The highest BCUT2D eigenvalue weighted by Crippen LogP contribution is 2.41. The van der Waals surface area contributed by atoms with Crippen LogP contribution < -0.4 is 0 Å². The van der Waals surface area contributed by atoms with E-state index in [1.54, 1.807) is 0 Å². The van der Waals surface area contributed by atoms with Crippen molar-refractivity contribution in [1.82, 2.24) is 14.5 Å². The third-order valence-corrected chi connectivity index (χ3v) is 8.41. The van der Waals surface area contributed by atoms with Gasteiger partial charge in [-0.2, -0.15) is 0 Å². The standard InChI is InChI=1S/C40H25N3O/c1-3-13-26(14-4-1)40-41-37(39-38(42-40)32-20-8-10-24-35(32)44-39)28-16-11-15-27(25-28)30-21-12-23-34-36(30)31-19-7-9-22-33(31)43(34)29-17-5-2-6-18-29/h1-25H. The summed E-state index contributed by atoms with van der Waals surface area (Å²) in [6, 6.07) is 52.6. The topological polar surface area (TPSA) is 43.9 Å². The van der Waals surface area contributed by atoms with Crippen LogP contribution in [0.2, 0.25) is 0 Å². The van der Waals surface area contributed by atoms with Crippen LogP contribution in [0.3, 0.4) is 0 Å². The lowest BCUT2D eigenvalue weighted by molar-refractivity contribution is 0.667. The number of hydrogen-bond donors (Lipinski definition) is 0. The molecule has 0 saturated heterocycles. The Morgan fingerprint density at radius 1 is 0.500 bits per heavy atom. The number of benzene rings is 6. The molecule has 0 amide bonds. The van der Waals surface area contributed by atoms with Crippen LogP contribution in [-0.4, -0.2) is 14.5 Å². The fourth-order valence-electron chi connectivity index (χ4n) is 6.45. The quantitative estimate of drug-likeness (QED) is 0.214. The van der Waals surface area contributed by atoms with Gasteiger partial charge in [0.05, 0.1) is 11.0 Å². The zero-order valence-corrected chi connectivity index (χ0v) is 23.7. The minimum atomic E-state index is 0.679. The average molecular weight is 564 g/mol. The Kier molecular flexibility index (Phi) is 5.47. The van der Waals surface area contributed by atoms with Gasteiger partial charge in [-0.3, -0.25) is 0 Å². The van der Waals surface area contributed by atoms with E-state index >= 15 is 0 Å². The van der Waals surface area contributed by atoms with Crippen molar-refractivity contribution in [1.29, 1.82) is 0 Å². The smallest absolute Gasteiger partial charge is 0.180 e. The molecule has 0 radical (unpaired) electrons. The Hall–Kier alpha value is -6.00. The maximum atomic E-state index is 6.43. The first-order chi connectivity index (χ1) is 21.8. The Balaban J connectivity index is 1.30. The van der Waals surface area contributed by atoms with E-state index in [0.717, 1.165) is 44.6 Å². The fraction of sp³-hybridized carbons (Fsp3) is 0. The lowest BCUT2D eigenvalue weighted by Gasteiger charge is -2.10. The van der Waals surface area contributed by atoms with E-state index in [4.69, 9.17) is 14.4 Å². The van der Waals surface area contributed by atoms with Gasteiger partial charge in [0.1, 0.15) is 16.8 Å². The van der Waals surface area contributed by atoms with Gasteiger partial charge in [-0.1, -0.05) is 109 Å². The van der Waals surface area contributed by atoms with Gasteiger partial charge in [0, 0.05) is 33.0 Å². The zero-order chi connectivity index (χ0) is 29.0. The molecule has 0 spiro atoms. The summed E-state index contributed by atoms with van der Waals surface area (Å²) in [5, 5.41) is 3.43. The molecular weight excluding hydrogens is 538 g/mol. The highest BCUT2D eigenvalue weighted by Gasteiger charge is 2.20. The van der Waals surface area contributed by atoms with Crippen LogP contribution in [0.25, 0.3) is 83.3 Å². The molecule has 0 saturated carbocycles. The molecule has 206 valence electrons. The maximum absolute atomic E-state index is 6.43. The van der Waals surface area contributed by atoms with Gasteiger partial charge in [0.15, 0.2) is 11.4 Å². The Bertz CT molecular complexity index is 2490. The lowest BCUT2D eigenvalue weighted by Crippen LogP contribution is -1.94. The third kappa shape index (κ3) is 3.78. The molecule has 0 aliphatic carbocycles. The first-order valence-electron chi connectivity index (χ1n) is 14.8. The van der Waals surface area contributed by atoms with Gasteiger partial charge in [-0.25, -0.2) is 9.97 Å².